The van der Waals surface area contributed by atoms with E-state index in [1.165, 1.54) is 0 Å². The van der Waals surface area contributed by atoms with E-state index in [1.807, 2.05) is 0 Å². The third kappa shape index (κ3) is 2.55. The second-order valence-electron chi connectivity index (χ2n) is 2.16. The Hall–Kier alpha value is 0.1000. The maximum Gasteiger partial charge on any atom is 0.0588 e. The molecule has 1 aromatic carbocycles. The minimum Gasteiger partial charge on any atom is -0.772 e. The molecule has 0 spiro atoms. The monoisotopic (exact) mass is 267 g/mol. The normalized spacial score (nSPS) is 12.9. The SMILES string of the molecule is O=S([O-])Cc1cccc(Br)c1Cl. The van der Waals surface area contributed by atoms with Crippen LogP contribution >= 0.6 is 27.5 Å². The Morgan fingerprint density at radius 1 is 1.58 bits per heavy atom. The van der Waals surface area contributed by atoms with Crippen molar-refractivity contribution in [2.45, 2.75) is 5.75 Å². The van der Waals surface area contributed by atoms with Crippen molar-refractivity contribution in [3.05, 3.63) is 33.3 Å². The summed E-state index contributed by atoms with van der Waals surface area (Å²) in [6.07, 6.45) is 0. The van der Waals surface area contributed by atoms with Gasteiger partial charge in [0.1, 0.15) is 0 Å². The zero-order valence-electron chi connectivity index (χ0n) is 5.92. The number of hydrogen-bond donors (Lipinski definition) is 0. The number of rotatable bonds is 2. The molecule has 2 nitrogen and oxygen atoms in total. The van der Waals surface area contributed by atoms with Crippen LogP contribution in [0.2, 0.25) is 5.02 Å². The Labute approximate surface area is 86.3 Å². The maximum absolute atomic E-state index is 10.4. The van der Waals surface area contributed by atoms with E-state index in [0.717, 1.165) is 0 Å². The van der Waals surface area contributed by atoms with E-state index in [0.29, 0.717) is 15.1 Å². The average molecular weight is 269 g/mol. The van der Waals surface area contributed by atoms with Gasteiger partial charge in [0.2, 0.25) is 0 Å². The van der Waals surface area contributed by atoms with E-state index in [-0.39, 0.29) is 5.75 Å². The number of hydrogen-bond acceptors (Lipinski definition) is 2. The van der Waals surface area contributed by atoms with E-state index < -0.39 is 11.1 Å². The van der Waals surface area contributed by atoms with Crippen LogP contribution in [0.5, 0.6) is 0 Å². The van der Waals surface area contributed by atoms with Crippen molar-refractivity contribution in [2.24, 2.45) is 0 Å². The van der Waals surface area contributed by atoms with Crippen molar-refractivity contribution in [1.29, 1.82) is 0 Å². The fourth-order valence-corrected chi connectivity index (χ4v) is 1.96. The lowest BCUT2D eigenvalue weighted by Crippen LogP contribution is -1.94. The Bertz CT molecular complexity index is 316. The highest BCUT2D eigenvalue weighted by Crippen LogP contribution is 2.26. The van der Waals surface area contributed by atoms with Crippen LogP contribution in [0, 0.1) is 0 Å². The smallest absolute Gasteiger partial charge is 0.0588 e. The Morgan fingerprint density at radius 2 is 2.25 bits per heavy atom. The molecule has 0 N–H and O–H groups in total. The summed E-state index contributed by atoms with van der Waals surface area (Å²) in [5.74, 6) is -0.0434. The van der Waals surface area contributed by atoms with E-state index >= 15 is 0 Å². The first kappa shape index (κ1) is 10.2. The van der Waals surface area contributed by atoms with E-state index in [9.17, 15) is 8.76 Å². The van der Waals surface area contributed by atoms with Gasteiger partial charge in [-0.15, -0.1) is 0 Å². The van der Waals surface area contributed by atoms with Crippen LogP contribution in [0.1, 0.15) is 5.56 Å². The van der Waals surface area contributed by atoms with Gasteiger partial charge in [0, 0.05) is 10.2 Å². The van der Waals surface area contributed by atoms with Crippen molar-refractivity contribution >= 4 is 38.6 Å². The van der Waals surface area contributed by atoms with Crippen molar-refractivity contribution in [3.63, 3.8) is 0 Å². The average Bonchev–Trinajstić information content (AvgIpc) is 1.98. The van der Waals surface area contributed by atoms with Gasteiger partial charge >= 0.3 is 0 Å². The van der Waals surface area contributed by atoms with Gasteiger partial charge in [-0.05, 0) is 27.6 Å². The molecule has 0 saturated heterocycles. The van der Waals surface area contributed by atoms with Gasteiger partial charge in [0.05, 0.1) is 5.02 Å². The molecule has 0 aromatic heterocycles. The second kappa shape index (κ2) is 4.37. The molecule has 0 heterocycles. The van der Waals surface area contributed by atoms with Crippen LogP contribution in [0.3, 0.4) is 0 Å². The highest BCUT2D eigenvalue weighted by Gasteiger charge is 2.02. The molecule has 0 saturated carbocycles. The highest BCUT2D eigenvalue weighted by atomic mass is 79.9. The molecule has 0 aliphatic heterocycles. The molecular formula is C7H5BrClO2S-. The molecule has 1 rings (SSSR count). The third-order valence-corrected chi connectivity index (χ3v) is 3.19. The fraction of sp³-hybridized carbons (Fsp3) is 0.143. The maximum atomic E-state index is 10.4. The Balaban J connectivity index is 3.00. The highest BCUT2D eigenvalue weighted by molar-refractivity contribution is 9.10. The van der Waals surface area contributed by atoms with Crippen LogP contribution in [0.15, 0.2) is 22.7 Å². The number of benzene rings is 1. The first-order valence-corrected chi connectivity index (χ1v) is 5.51. The minimum atomic E-state index is -2.09. The summed E-state index contributed by atoms with van der Waals surface area (Å²) in [6.45, 7) is 0. The topological polar surface area (TPSA) is 40.1 Å². The fourth-order valence-electron chi connectivity index (χ4n) is 0.787. The Morgan fingerprint density at radius 3 is 2.83 bits per heavy atom. The van der Waals surface area contributed by atoms with Crippen LogP contribution in [-0.4, -0.2) is 8.76 Å². The molecule has 66 valence electrons. The summed E-state index contributed by atoms with van der Waals surface area (Å²) in [7, 11) is 0. The van der Waals surface area contributed by atoms with Crippen molar-refractivity contribution in [1.82, 2.24) is 0 Å². The van der Waals surface area contributed by atoms with Gasteiger partial charge in [0.25, 0.3) is 0 Å². The van der Waals surface area contributed by atoms with Crippen molar-refractivity contribution in [3.8, 4) is 0 Å². The lowest BCUT2D eigenvalue weighted by Gasteiger charge is -2.07. The summed E-state index contributed by atoms with van der Waals surface area (Å²) in [5, 5.41) is 0.460. The predicted octanol–water partition coefficient (Wildman–Crippen LogP) is 2.48. The quantitative estimate of drug-likeness (QED) is 0.773. The number of halogens is 2. The molecule has 1 atom stereocenters. The molecule has 1 unspecified atom stereocenters. The van der Waals surface area contributed by atoms with Crippen LogP contribution in [0.4, 0.5) is 0 Å². The van der Waals surface area contributed by atoms with E-state index in [1.54, 1.807) is 18.2 Å². The standard InChI is InChI=1S/C7H6BrClO2S/c8-6-3-1-2-5(7(6)9)4-12(10)11/h1-3H,4H2,(H,10,11)/p-1. The first-order valence-electron chi connectivity index (χ1n) is 3.10. The lowest BCUT2D eigenvalue weighted by molar-refractivity contribution is 0.536. The molecule has 0 aliphatic rings. The van der Waals surface area contributed by atoms with E-state index in [2.05, 4.69) is 15.9 Å². The summed E-state index contributed by atoms with van der Waals surface area (Å²) in [5.41, 5.74) is 0.611. The summed E-state index contributed by atoms with van der Waals surface area (Å²) in [6, 6.07) is 5.20. The molecule has 0 radical (unpaired) electrons. The van der Waals surface area contributed by atoms with Crippen LogP contribution in [0.25, 0.3) is 0 Å². The Kier molecular flexibility index (Phi) is 3.71. The summed E-state index contributed by atoms with van der Waals surface area (Å²) >= 11 is 6.93. The first-order chi connectivity index (χ1) is 5.61. The van der Waals surface area contributed by atoms with Gasteiger partial charge < -0.3 is 4.55 Å². The van der Waals surface area contributed by atoms with Gasteiger partial charge in [-0.2, -0.15) is 0 Å². The molecule has 0 fully saturated rings. The molecule has 1 aromatic rings. The molecule has 12 heavy (non-hydrogen) atoms. The van der Waals surface area contributed by atoms with Crippen LogP contribution < -0.4 is 0 Å². The molecular weight excluding hydrogens is 263 g/mol. The molecule has 0 bridgehead atoms. The molecule has 0 aliphatic carbocycles. The van der Waals surface area contributed by atoms with E-state index in [4.69, 9.17) is 11.6 Å². The summed E-state index contributed by atoms with van der Waals surface area (Å²) < 4.78 is 21.4. The van der Waals surface area contributed by atoms with Gasteiger partial charge in [-0.3, -0.25) is 4.21 Å². The lowest BCUT2D eigenvalue weighted by atomic mass is 10.2. The molecule has 5 heteroatoms. The van der Waals surface area contributed by atoms with Gasteiger partial charge in [-0.25, -0.2) is 0 Å². The van der Waals surface area contributed by atoms with Crippen LogP contribution in [-0.2, 0) is 16.8 Å². The zero-order valence-corrected chi connectivity index (χ0v) is 9.08. The molecule has 0 amide bonds. The van der Waals surface area contributed by atoms with Gasteiger partial charge in [-0.1, -0.05) is 34.8 Å². The second-order valence-corrected chi connectivity index (χ2v) is 4.29. The van der Waals surface area contributed by atoms with Crippen molar-refractivity contribution in [2.75, 3.05) is 0 Å². The van der Waals surface area contributed by atoms with Crippen molar-refractivity contribution < 1.29 is 8.76 Å². The largest absolute Gasteiger partial charge is 0.772 e. The van der Waals surface area contributed by atoms with Gasteiger partial charge in [0.15, 0.2) is 0 Å². The predicted molar refractivity (Wildman–Crippen MR) is 51.8 cm³/mol. The minimum absolute atomic E-state index is 0.0434. The summed E-state index contributed by atoms with van der Waals surface area (Å²) in [4.78, 5) is 0. The zero-order chi connectivity index (χ0) is 9.14. The third-order valence-electron chi connectivity index (χ3n) is 1.30.